The Morgan fingerprint density at radius 3 is 2.28 bits per heavy atom. The van der Waals surface area contributed by atoms with Crippen LogP contribution < -0.4 is 0 Å². The molecular weight excluding hydrogens is 318 g/mol. The van der Waals surface area contributed by atoms with Crippen molar-refractivity contribution in [1.29, 1.82) is 0 Å². The normalized spacial score (nSPS) is 14.9. The lowest BCUT2D eigenvalue weighted by Crippen LogP contribution is -2.28. The summed E-state index contributed by atoms with van der Waals surface area (Å²) >= 11 is 22.3. The predicted octanol–water partition coefficient (Wildman–Crippen LogP) is 4.66. The first-order valence-electron chi connectivity index (χ1n) is 5.32. The Hall–Kier alpha value is -0.150. The number of carbonyl (C=O) groups is 1. The highest BCUT2D eigenvalue weighted by atomic mass is 35.6. The molecule has 0 aliphatic rings. The van der Waals surface area contributed by atoms with Gasteiger partial charge in [0.2, 0.25) is 9.36 Å². The maximum absolute atomic E-state index is 11.9. The van der Waals surface area contributed by atoms with E-state index in [0.29, 0.717) is 6.42 Å². The van der Waals surface area contributed by atoms with Crippen LogP contribution in [0, 0.1) is 0 Å². The lowest BCUT2D eigenvalue weighted by molar-refractivity contribution is -0.147. The molecule has 0 N–H and O–H groups in total. The summed E-state index contributed by atoms with van der Waals surface area (Å²) in [6.45, 7) is 1.87. The van der Waals surface area contributed by atoms with Gasteiger partial charge in [-0.15, -0.1) is 0 Å². The van der Waals surface area contributed by atoms with Gasteiger partial charge in [-0.1, -0.05) is 83.7 Å². The molecule has 0 amide bonds. The minimum absolute atomic E-state index is 0.417. The first kappa shape index (κ1) is 15.9. The van der Waals surface area contributed by atoms with Crippen molar-refractivity contribution in [3.63, 3.8) is 0 Å². The van der Waals surface area contributed by atoms with Crippen LogP contribution in [0.15, 0.2) is 30.3 Å². The number of carbonyl (C=O) groups excluding carboxylic acids is 1. The quantitative estimate of drug-likeness (QED) is 0.593. The fourth-order valence-corrected chi connectivity index (χ4v) is 1.70. The maximum Gasteiger partial charge on any atom is 0.315 e. The van der Waals surface area contributed by atoms with Gasteiger partial charge in [-0.2, -0.15) is 0 Å². The zero-order valence-corrected chi connectivity index (χ0v) is 12.6. The molecular formula is C12H12Cl4O2. The molecule has 1 rings (SSSR count). The lowest BCUT2D eigenvalue weighted by atomic mass is 9.97. The van der Waals surface area contributed by atoms with Crippen molar-refractivity contribution < 1.29 is 9.53 Å². The van der Waals surface area contributed by atoms with Gasteiger partial charge in [0, 0.05) is 0 Å². The van der Waals surface area contributed by atoms with Gasteiger partial charge >= 0.3 is 5.97 Å². The second-order valence-electron chi connectivity index (χ2n) is 3.67. The van der Waals surface area contributed by atoms with E-state index in [2.05, 4.69) is 0 Å². The second-order valence-corrected chi connectivity index (χ2v) is 6.43. The third-order valence-electron chi connectivity index (χ3n) is 2.37. The third-order valence-corrected chi connectivity index (χ3v) is 3.72. The molecule has 0 saturated carbocycles. The fraction of sp³-hybridized carbons (Fsp3) is 0.417. The maximum atomic E-state index is 11.9. The van der Waals surface area contributed by atoms with Crippen LogP contribution in [0.4, 0.5) is 0 Å². The van der Waals surface area contributed by atoms with Gasteiger partial charge in [-0.05, 0) is 12.0 Å². The number of alkyl halides is 4. The molecule has 0 aliphatic carbocycles. The Labute approximate surface area is 126 Å². The van der Waals surface area contributed by atoms with Crippen LogP contribution in [0.2, 0.25) is 0 Å². The summed E-state index contributed by atoms with van der Waals surface area (Å²) < 4.78 is 3.11. The first-order chi connectivity index (χ1) is 8.36. The Kier molecular flexibility index (Phi) is 6.06. The highest BCUT2D eigenvalue weighted by Crippen LogP contribution is 2.35. The van der Waals surface area contributed by atoms with Crippen LogP contribution in [0.5, 0.6) is 0 Å². The van der Waals surface area contributed by atoms with E-state index in [0.717, 1.165) is 5.56 Å². The molecule has 0 aliphatic heterocycles. The van der Waals surface area contributed by atoms with Gasteiger partial charge in [-0.25, -0.2) is 0 Å². The number of ether oxygens (including phenoxy) is 1. The Bertz CT molecular complexity index is 389. The molecule has 0 spiro atoms. The molecule has 0 saturated heterocycles. The van der Waals surface area contributed by atoms with E-state index in [9.17, 15) is 4.79 Å². The largest absolute Gasteiger partial charge is 0.441 e. The van der Waals surface area contributed by atoms with Gasteiger partial charge < -0.3 is 4.74 Å². The summed E-state index contributed by atoms with van der Waals surface area (Å²) in [6, 6.07) is 9.24. The van der Waals surface area contributed by atoms with Crippen LogP contribution in [0.25, 0.3) is 0 Å². The van der Waals surface area contributed by atoms with E-state index < -0.39 is 21.2 Å². The van der Waals surface area contributed by atoms with E-state index >= 15 is 0 Å². The number of rotatable bonds is 4. The molecule has 0 radical (unpaired) electrons. The summed E-state index contributed by atoms with van der Waals surface area (Å²) in [5, 5.41) is 0. The summed E-state index contributed by atoms with van der Waals surface area (Å²) in [7, 11) is 0. The Balaban J connectivity index is 2.76. The Morgan fingerprint density at radius 1 is 1.28 bits per heavy atom. The number of hydrogen-bond donors (Lipinski definition) is 0. The third kappa shape index (κ3) is 4.51. The number of benzene rings is 1. The summed E-state index contributed by atoms with van der Waals surface area (Å²) in [5.41, 5.74) is -0.467. The van der Waals surface area contributed by atoms with Crippen LogP contribution in [0.3, 0.4) is 0 Å². The zero-order chi connectivity index (χ0) is 13.8. The van der Waals surface area contributed by atoms with Crippen molar-refractivity contribution in [3.8, 4) is 0 Å². The Morgan fingerprint density at radius 2 is 1.83 bits per heavy atom. The van der Waals surface area contributed by atoms with Crippen LogP contribution in [0.1, 0.15) is 24.8 Å². The monoisotopic (exact) mass is 328 g/mol. The number of esters is 1. The van der Waals surface area contributed by atoms with Gasteiger partial charge in [-0.3, -0.25) is 4.79 Å². The fourth-order valence-electron chi connectivity index (χ4n) is 1.47. The van der Waals surface area contributed by atoms with E-state index in [4.69, 9.17) is 51.1 Å². The van der Waals surface area contributed by atoms with Crippen molar-refractivity contribution in [2.45, 2.75) is 28.6 Å². The smallest absolute Gasteiger partial charge is 0.315 e. The van der Waals surface area contributed by atoms with Crippen LogP contribution >= 0.6 is 46.4 Å². The molecule has 18 heavy (non-hydrogen) atoms. The van der Waals surface area contributed by atoms with Crippen molar-refractivity contribution in [2.24, 2.45) is 0 Å². The number of halogens is 4. The summed E-state index contributed by atoms with van der Waals surface area (Å²) in [5.74, 6) is -0.921. The number of hydrogen-bond acceptors (Lipinski definition) is 2. The van der Waals surface area contributed by atoms with E-state index in [-0.39, 0.29) is 0 Å². The van der Waals surface area contributed by atoms with Crippen LogP contribution in [-0.4, -0.2) is 15.3 Å². The van der Waals surface area contributed by atoms with Crippen molar-refractivity contribution in [3.05, 3.63) is 35.9 Å². The standard InChI is InChI=1S/C12H12Cl4O2/c1-2-9(8-6-4-3-5-7-8)10(17)18-11(13)12(14,15)16/h3-7,9,11H,2H2,1H3. The second kappa shape index (κ2) is 6.85. The average Bonchev–Trinajstić information content (AvgIpc) is 2.30. The van der Waals surface area contributed by atoms with Crippen molar-refractivity contribution in [2.75, 3.05) is 0 Å². The van der Waals surface area contributed by atoms with Crippen molar-refractivity contribution in [1.82, 2.24) is 0 Å². The molecule has 0 fully saturated rings. The van der Waals surface area contributed by atoms with E-state index in [1.807, 2.05) is 37.3 Å². The average molecular weight is 330 g/mol. The minimum Gasteiger partial charge on any atom is -0.441 e. The molecule has 100 valence electrons. The zero-order valence-electron chi connectivity index (χ0n) is 9.58. The van der Waals surface area contributed by atoms with Gasteiger partial charge in [0.05, 0.1) is 5.92 Å². The first-order valence-corrected chi connectivity index (χ1v) is 6.89. The molecule has 1 aromatic rings. The van der Waals surface area contributed by atoms with Crippen LogP contribution in [-0.2, 0) is 9.53 Å². The van der Waals surface area contributed by atoms with Gasteiger partial charge in [0.15, 0.2) is 0 Å². The highest BCUT2D eigenvalue weighted by molar-refractivity contribution is 6.70. The molecule has 0 aromatic heterocycles. The predicted molar refractivity (Wildman–Crippen MR) is 75.5 cm³/mol. The van der Waals surface area contributed by atoms with E-state index in [1.54, 1.807) is 0 Å². The summed E-state index contributed by atoms with van der Waals surface area (Å²) in [4.78, 5) is 11.9. The minimum atomic E-state index is -1.84. The lowest BCUT2D eigenvalue weighted by Gasteiger charge is -2.21. The van der Waals surface area contributed by atoms with Gasteiger partial charge in [0.1, 0.15) is 0 Å². The molecule has 1 aromatic carbocycles. The SMILES string of the molecule is CCC(C(=O)OC(Cl)C(Cl)(Cl)Cl)c1ccccc1. The highest BCUT2D eigenvalue weighted by Gasteiger charge is 2.35. The van der Waals surface area contributed by atoms with Crippen molar-refractivity contribution >= 4 is 52.4 Å². The molecule has 2 nitrogen and oxygen atoms in total. The molecule has 0 heterocycles. The summed E-state index contributed by atoms with van der Waals surface area (Å²) in [6.07, 6.45) is 0.576. The molecule has 2 unspecified atom stereocenters. The molecule has 0 bridgehead atoms. The molecule has 6 heteroatoms. The topological polar surface area (TPSA) is 26.3 Å². The van der Waals surface area contributed by atoms with E-state index in [1.165, 1.54) is 0 Å². The molecule has 2 atom stereocenters. The van der Waals surface area contributed by atoms with Gasteiger partial charge in [0.25, 0.3) is 0 Å².